The molecule has 160 valence electrons. The fourth-order valence-corrected chi connectivity index (χ4v) is 4.59. The third-order valence-corrected chi connectivity index (χ3v) is 6.43. The summed E-state index contributed by atoms with van der Waals surface area (Å²) in [5.74, 6) is 0.144. The zero-order valence-corrected chi connectivity index (χ0v) is 17.5. The van der Waals surface area contributed by atoms with E-state index >= 15 is 0 Å². The Hall–Kier alpha value is -3.12. The highest BCUT2D eigenvalue weighted by Gasteiger charge is 2.32. The van der Waals surface area contributed by atoms with Crippen LogP contribution in [0.3, 0.4) is 0 Å². The second kappa shape index (κ2) is 8.55. The SMILES string of the molecule is O=C(Nc1cccc(-c2cc3ccccc3[nH]2)c1)C1CCN(C(=O)[C@@H]2CCOC2)CC1. The molecule has 6 heteroatoms. The summed E-state index contributed by atoms with van der Waals surface area (Å²) in [4.78, 5) is 30.7. The fourth-order valence-electron chi connectivity index (χ4n) is 4.59. The van der Waals surface area contributed by atoms with Crippen LogP contribution in [-0.2, 0) is 14.3 Å². The van der Waals surface area contributed by atoms with Crippen molar-refractivity contribution in [2.24, 2.45) is 11.8 Å². The molecule has 31 heavy (non-hydrogen) atoms. The van der Waals surface area contributed by atoms with Gasteiger partial charge in [0.15, 0.2) is 0 Å². The number of aromatic nitrogens is 1. The molecule has 1 atom stereocenters. The molecule has 2 saturated heterocycles. The molecule has 5 rings (SSSR count). The number of H-pyrrole nitrogens is 1. The number of carbonyl (C=O) groups excluding carboxylic acids is 2. The quantitative estimate of drug-likeness (QED) is 0.673. The Kier molecular flexibility index (Phi) is 5.47. The average Bonchev–Trinajstić information content (AvgIpc) is 3.49. The standard InChI is InChI=1S/C25H27N3O3/c29-24(17-8-11-28(12-9-17)25(30)20-10-13-31-16-20)26-21-6-3-5-18(14-21)23-15-19-4-1-2-7-22(19)27-23/h1-7,14-15,17,20,27H,8-13,16H2,(H,26,29)/t20-/m1/s1. The molecular weight excluding hydrogens is 390 g/mol. The number of amides is 2. The van der Waals surface area contributed by atoms with Crippen molar-refractivity contribution < 1.29 is 14.3 Å². The minimum absolute atomic E-state index is 0.00208. The largest absolute Gasteiger partial charge is 0.381 e. The number of nitrogens with one attached hydrogen (secondary N) is 2. The first-order valence-electron chi connectivity index (χ1n) is 11.0. The molecule has 0 spiro atoms. The molecule has 2 N–H and O–H groups in total. The van der Waals surface area contributed by atoms with Crippen LogP contribution in [0.1, 0.15) is 19.3 Å². The van der Waals surface area contributed by atoms with E-state index < -0.39 is 0 Å². The van der Waals surface area contributed by atoms with Crippen LogP contribution in [0.4, 0.5) is 5.69 Å². The van der Waals surface area contributed by atoms with Gasteiger partial charge in [-0.15, -0.1) is 0 Å². The number of likely N-dealkylation sites (tertiary alicyclic amines) is 1. The highest BCUT2D eigenvalue weighted by molar-refractivity contribution is 5.94. The van der Waals surface area contributed by atoms with Crippen molar-refractivity contribution in [2.45, 2.75) is 19.3 Å². The molecule has 2 aliphatic heterocycles. The van der Waals surface area contributed by atoms with Gasteiger partial charge >= 0.3 is 0 Å². The molecule has 3 heterocycles. The van der Waals surface area contributed by atoms with Gasteiger partial charge in [0.05, 0.1) is 12.5 Å². The first-order valence-corrected chi connectivity index (χ1v) is 11.0. The average molecular weight is 418 g/mol. The maximum absolute atomic E-state index is 12.8. The highest BCUT2D eigenvalue weighted by atomic mass is 16.5. The van der Waals surface area contributed by atoms with Gasteiger partial charge in [-0.1, -0.05) is 30.3 Å². The van der Waals surface area contributed by atoms with E-state index in [-0.39, 0.29) is 23.7 Å². The molecule has 6 nitrogen and oxygen atoms in total. The van der Waals surface area contributed by atoms with Crippen LogP contribution in [0.15, 0.2) is 54.6 Å². The Bertz CT molecular complexity index is 1060. The molecule has 1 aromatic heterocycles. The lowest BCUT2D eigenvalue weighted by atomic mass is 9.94. The topological polar surface area (TPSA) is 74.4 Å². The summed E-state index contributed by atoms with van der Waals surface area (Å²) in [6.07, 6.45) is 2.21. The Morgan fingerprint density at radius 1 is 0.968 bits per heavy atom. The molecule has 2 fully saturated rings. The fraction of sp³-hybridized carbons (Fsp3) is 0.360. The van der Waals surface area contributed by atoms with E-state index in [1.54, 1.807) is 0 Å². The molecular formula is C25H27N3O3. The van der Waals surface area contributed by atoms with E-state index in [0.717, 1.165) is 34.3 Å². The Balaban J connectivity index is 1.21. The van der Waals surface area contributed by atoms with Crippen LogP contribution in [0.2, 0.25) is 0 Å². The first kappa shape index (κ1) is 19.8. The van der Waals surface area contributed by atoms with Crippen LogP contribution < -0.4 is 5.32 Å². The lowest BCUT2D eigenvalue weighted by Gasteiger charge is -2.32. The van der Waals surface area contributed by atoms with Crippen LogP contribution in [-0.4, -0.2) is 48.0 Å². The zero-order valence-electron chi connectivity index (χ0n) is 17.5. The van der Waals surface area contributed by atoms with Crippen LogP contribution >= 0.6 is 0 Å². The van der Waals surface area contributed by atoms with Crippen molar-refractivity contribution in [1.82, 2.24) is 9.88 Å². The minimum atomic E-state index is -0.0689. The van der Waals surface area contributed by atoms with Gasteiger partial charge in [0.1, 0.15) is 0 Å². The van der Waals surface area contributed by atoms with Gasteiger partial charge in [-0.05, 0) is 43.5 Å². The van der Waals surface area contributed by atoms with Gasteiger partial charge in [-0.3, -0.25) is 9.59 Å². The molecule has 2 aliphatic rings. The predicted molar refractivity (Wildman–Crippen MR) is 121 cm³/mol. The van der Waals surface area contributed by atoms with E-state index in [9.17, 15) is 9.59 Å². The van der Waals surface area contributed by atoms with Gasteiger partial charge in [-0.25, -0.2) is 0 Å². The summed E-state index contributed by atoms with van der Waals surface area (Å²) < 4.78 is 5.34. The molecule has 2 amide bonds. The Morgan fingerprint density at radius 2 is 1.81 bits per heavy atom. The number of anilines is 1. The summed E-state index contributed by atoms with van der Waals surface area (Å²) in [5, 5.41) is 4.24. The van der Waals surface area contributed by atoms with E-state index in [1.165, 1.54) is 0 Å². The van der Waals surface area contributed by atoms with Crippen molar-refractivity contribution in [2.75, 3.05) is 31.6 Å². The summed E-state index contributed by atoms with van der Waals surface area (Å²) >= 11 is 0. The molecule has 0 unspecified atom stereocenters. The number of benzene rings is 2. The van der Waals surface area contributed by atoms with Crippen LogP contribution in [0, 0.1) is 11.8 Å². The molecule has 0 bridgehead atoms. The lowest BCUT2D eigenvalue weighted by molar-refractivity contribution is -0.138. The number of aromatic amines is 1. The van der Waals surface area contributed by atoms with Gasteiger partial charge < -0.3 is 19.9 Å². The smallest absolute Gasteiger partial charge is 0.228 e. The molecule has 0 saturated carbocycles. The maximum atomic E-state index is 12.8. The molecule has 2 aromatic carbocycles. The van der Waals surface area contributed by atoms with Crippen molar-refractivity contribution in [3.63, 3.8) is 0 Å². The molecule has 3 aromatic rings. The van der Waals surface area contributed by atoms with Crippen molar-refractivity contribution in [1.29, 1.82) is 0 Å². The predicted octanol–water partition coefficient (Wildman–Crippen LogP) is 4.05. The highest BCUT2D eigenvalue weighted by Crippen LogP contribution is 2.27. The number of hydrogen-bond acceptors (Lipinski definition) is 3. The minimum Gasteiger partial charge on any atom is -0.381 e. The van der Waals surface area contributed by atoms with Crippen LogP contribution in [0.25, 0.3) is 22.2 Å². The maximum Gasteiger partial charge on any atom is 0.228 e. The van der Waals surface area contributed by atoms with Crippen LogP contribution in [0.5, 0.6) is 0 Å². The van der Waals surface area contributed by atoms with Gasteiger partial charge in [0.25, 0.3) is 0 Å². The second-order valence-corrected chi connectivity index (χ2v) is 8.50. The van der Waals surface area contributed by atoms with Gasteiger partial charge in [0.2, 0.25) is 11.8 Å². The van der Waals surface area contributed by atoms with Crippen molar-refractivity contribution >= 4 is 28.4 Å². The van der Waals surface area contributed by atoms with E-state index in [1.807, 2.05) is 41.3 Å². The Morgan fingerprint density at radius 3 is 2.58 bits per heavy atom. The number of ether oxygens (including phenoxy) is 1. The number of nitrogens with zero attached hydrogens (tertiary/aromatic N) is 1. The van der Waals surface area contributed by atoms with Crippen molar-refractivity contribution in [3.8, 4) is 11.3 Å². The Labute approximate surface area is 181 Å². The number of fused-ring (bicyclic) bond motifs is 1. The van der Waals surface area contributed by atoms with E-state index in [0.29, 0.717) is 39.1 Å². The number of para-hydroxylation sites is 1. The van der Waals surface area contributed by atoms with E-state index in [2.05, 4.69) is 28.5 Å². The second-order valence-electron chi connectivity index (χ2n) is 8.50. The first-order chi connectivity index (χ1) is 15.2. The normalized spacial score (nSPS) is 19.6. The lowest BCUT2D eigenvalue weighted by Crippen LogP contribution is -2.44. The number of carbonyl (C=O) groups is 2. The van der Waals surface area contributed by atoms with Gasteiger partial charge in [0, 0.05) is 53.5 Å². The zero-order chi connectivity index (χ0) is 21.2. The monoisotopic (exact) mass is 417 g/mol. The number of piperidine rings is 1. The number of hydrogen-bond donors (Lipinski definition) is 2. The third kappa shape index (κ3) is 4.21. The summed E-state index contributed by atoms with van der Waals surface area (Å²) in [6, 6.07) is 18.2. The van der Waals surface area contributed by atoms with Crippen molar-refractivity contribution in [3.05, 3.63) is 54.6 Å². The molecule has 0 aliphatic carbocycles. The number of rotatable bonds is 4. The third-order valence-electron chi connectivity index (χ3n) is 6.43. The summed E-state index contributed by atoms with van der Waals surface area (Å²) in [6.45, 7) is 2.49. The summed E-state index contributed by atoms with van der Waals surface area (Å²) in [7, 11) is 0. The summed E-state index contributed by atoms with van der Waals surface area (Å²) in [5.41, 5.74) is 3.95. The van der Waals surface area contributed by atoms with Gasteiger partial charge in [-0.2, -0.15) is 0 Å². The van der Waals surface area contributed by atoms with E-state index in [4.69, 9.17) is 4.74 Å². The molecule has 0 radical (unpaired) electrons.